The highest BCUT2D eigenvalue weighted by molar-refractivity contribution is 9.10. The van der Waals surface area contributed by atoms with Gasteiger partial charge in [-0.25, -0.2) is 0 Å². The zero-order valence-corrected chi connectivity index (χ0v) is 16.1. The molecule has 10 heteroatoms. The van der Waals surface area contributed by atoms with E-state index in [1.807, 2.05) is 0 Å². The first-order valence-corrected chi connectivity index (χ1v) is 8.94. The molecule has 2 heterocycles. The lowest BCUT2D eigenvalue weighted by Crippen LogP contribution is -2.33. The molecule has 3 amide bonds. The van der Waals surface area contributed by atoms with E-state index >= 15 is 0 Å². The first-order chi connectivity index (χ1) is 13.4. The third kappa shape index (κ3) is 5.07. The zero-order chi connectivity index (χ0) is 20.1. The molecular weight excluding hydrogens is 430 g/mol. The van der Waals surface area contributed by atoms with E-state index in [-0.39, 0.29) is 12.3 Å². The Hall–Kier alpha value is -3.40. The normalized spacial score (nSPS) is 10.5. The van der Waals surface area contributed by atoms with Gasteiger partial charge in [0.15, 0.2) is 5.76 Å². The first-order valence-electron chi connectivity index (χ1n) is 8.15. The van der Waals surface area contributed by atoms with E-state index in [9.17, 15) is 14.4 Å². The van der Waals surface area contributed by atoms with Crippen LogP contribution in [0.3, 0.4) is 0 Å². The Bertz CT molecular complexity index is 1010. The number of primary amides is 1. The molecule has 28 heavy (non-hydrogen) atoms. The van der Waals surface area contributed by atoms with Crippen molar-refractivity contribution in [2.45, 2.75) is 6.54 Å². The number of rotatable bonds is 7. The number of carbonyl (C=O) groups is 3. The molecular formula is C18H16BrN5O4. The van der Waals surface area contributed by atoms with Gasteiger partial charge in [0.1, 0.15) is 5.76 Å². The topological polar surface area (TPSA) is 132 Å². The number of benzene rings is 1. The minimum absolute atomic E-state index is 0.157. The highest BCUT2D eigenvalue weighted by Crippen LogP contribution is 2.15. The Morgan fingerprint density at radius 2 is 1.86 bits per heavy atom. The maximum Gasteiger partial charge on any atom is 0.291 e. The second kappa shape index (κ2) is 8.53. The van der Waals surface area contributed by atoms with Gasteiger partial charge in [-0.05, 0) is 52.3 Å². The highest BCUT2D eigenvalue weighted by Gasteiger charge is 2.13. The monoisotopic (exact) mass is 445 g/mol. The number of halogens is 1. The Kier molecular flexibility index (Phi) is 5.90. The molecule has 9 nitrogen and oxygen atoms in total. The molecule has 0 unspecified atom stereocenters. The van der Waals surface area contributed by atoms with Crippen LogP contribution in [0.2, 0.25) is 0 Å². The van der Waals surface area contributed by atoms with Gasteiger partial charge in [-0.1, -0.05) is 0 Å². The van der Waals surface area contributed by atoms with Crippen LogP contribution in [-0.2, 0) is 11.3 Å². The average Bonchev–Trinajstić information content (AvgIpc) is 3.29. The van der Waals surface area contributed by atoms with Crippen LogP contribution in [0, 0.1) is 0 Å². The summed E-state index contributed by atoms with van der Waals surface area (Å²) in [7, 11) is 0. The van der Waals surface area contributed by atoms with E-state index in [0.29, 0.717) is 23.6 Å². The average molecular weight is 446 g/mol. The standard InChI is InChI=1S/C18H16BrN5O4/c19-12-7-22-24(9-12)10-14-5-6-15(28-14)18(27)23-13-3-1-11(2-4-13)17(26)21-8-16(20)25/h1-7,9H,8,10H2,(H2,20,25)(H,21,26)(H,23,27). The molecule has 0 radical (unpaired) electrons. The number of amides is 3. The molecule has 3 aromatic rings. The molecule has 0 bridgehead atoms. The van der Waals surface area contributed by atoms with Crippen LogP contribution in [0.5, 0.6) is 0 Å². The van der Waals surface area contributed by atoms with Crippen molar-refractivity contribution in [3.8, 4) is 0 Å². The molecule has 0 aliphatic rings. The van der Waals surface area contributed by atoms with Crippen molar-refractivity contribution in [1.29, 1.82) is 0 Å². The van der Waals surface area contributed by atoms with Crippen LogP contribution in [0.15, 0.2) is 57.7 Å². The number of furan rings is 1. The van der Waals surface area contributed by atoms with Gasteiger partial charge in [0.05, 0.1) is 23.8 Å². The second-order valence-corrected chi connectivity index (χ2v) is 6.72. The number of hydrogen-bond donors (Lipinski definition) is 3. The summed E-state index contributed by atoms with van der Waals surface area (Å²) in [5.41, 5.74) is 5.81. The predicted molar refractivity (Wildman–Crippen MR) is 104 cm³/mol. The lowest BCUT2D eigenvalue weighted by Gasteiger charge is -2.06. The molecule has 0 aliphatic heterocycles. The second-order valence-electron chi connectivity index (χ2n) is 5.80. The van der Waals surface area contributed by atoms with Crippen molar-refractivity contribution in [2.75, 3.05) is 11.9 Å². The molecule has 144 valence electrons. The molecule has 0 atom stereocenters. The summed E-state index contributed by atoms with van der Waals surface area (Å²) >= 11 is 3.32. The lowest BCUT2D eigenvalue weighted by molar-refractivity contribution is -0.117. The molecule has 1 aromatic carbocycles. The van der Waals surface area contributed by atoms with Gasteiger partial charge in [-0.15, -0.1) is 0 Å². The lowest BCUT2D eigenvalue weighted by atomic mass is 10.2. The van der Waals surface area contributed by atoms with E-state index in [4.69, 9.17) is 10.2 Å². The number of anilines is 1. The summed E-state index contributed by atoms with van der Waals surface area (Å²) in [6.07, 6.45) is 3.46. The smallest absolute Gasteiger partial charge is 0.291 e. The van der Waals surface area contributed by atoms with Gasteiger partial charge in [0.2, 0.25) is 5.91 Å². The number of nitrogens with one attached hydrogen (secondary N) is 2. The summed E-state index contributed by atoms with van der Waals surface area (Å²) in [5, 5.41) is 9.20. The van der Waals surface area contributed by atoms with Gasteiger partial charge >= 0.3 is 0 Å². The number of nitrogens with two attached hydrogens (primary N) is 1. The zero-order valence-electron chi connectivity index (χ0n) is 14.5. The highest BCUT2D eigenvalue weighted by atomic mass is 79.9. The fourth-order valence-electron chi connectivity index (χ4n) is 2.34. The Labute approximate surface area is 168 Å². The maximum absolute atomic E-state index is 12.3. The van der Waals surface area contributed by atoms with E-state index in [1.54, 1.807) is 41.3 Å². The number of hydrogen-bond acceptors (Lipinski definition) is 5. The molecule has 4 N–H and O–H groups in total. The van der Waals surface area contributed by atoms with Crippen LogP contribution in [-0.4, -0.2) is 34.0 Å². The van der Waals surface area contributed by atoms with Crippen LogP contribution >= 0.6 is 15.9 Å². The third-order valence-electron chi connectivity index (χ3n) is 3.63. The summed E-state index contributed by atoms with van der Waals surface area (Å²) < 4.78 is 8.08. The van der Waals surface area contributed by atoms with Gasteiger partial charge in [0.25, 0.3) is 11.8 Å². The van der Waals surface area contributed by atoms with Crippen molar-refractivity contribution < 1.29 is 18.8 Å². The van der Waals surface area contributed by atoms with Gasteiger partial charge < -0.3 is 20.8 Å². The van der Waals surface area contributed by atoms with Crippen LogP contribution in [0.4, 0.5) is 5.69 Å². The van der Waals surface area contributed by atoms with Gasteiger partial charge in [-0.3, -0.25) is 19.1 Å². The molecule has 0 saturated heterocycles. The SMILES string of the molecule is NC(=O)CNC(=O)c1ccc(NC(=O)c2ccc(Cn3cc(Br)cn3)o2)cc1. The van der Waals surface area contributed by atoms with Crippen molar-refractivity contribution in [3.63, 3.8) is 0 Å². The minimum atomic E-state index is -0.629. The summed E-state index contributed by atoms with van der Waals surface area (Å²) in [6.45, 7) is 0.154. The number of nitrogens with zero attached hydrogens (tertiary/aromatic N) is 2. The van der Waals surface area contributed by atoms with Gasteiger partial charge in [-0.2, -0.15) is 5.10 Å². The quantitative estimate of drug-likeness (QED) is 0.509. The Morgan fingerprint density at radius 3 is 2.50 bits per heavy atom. The van der Waals surface area contributed by atoms with Crippen LogP contribution in [0.1, 0.15) is 26.7 Å². The molecule has 0 saturated carbocycles. The summed E-state index contributed by atoms with van der Waals surface area (Å²) in [6, 6.07) is 9.47. The van der Waals surface area contributed by atoms with E-state index in [1.165, 1.54) is 12.1 Å². The van der Waals surface area contributed by atoms with E-state index < -0.39 is 17.7 Å². The van der Waals surface area contributed by atoms with E-state index in [2.05, 4.69) is 31.7 Å². The fourth-order valence-corrected chi connectivity index (χ4v) is 2.66. The Morgan fingerprint density at radius 1 is 1.11 bits per heavy atom. The third-order valence-corrected chi connectivity index (χ3v) is 4.04. The number of aromatic nitrogens is 2. The van der Waals surface area contributed by atoms with Crippen molar-refractivity contribution >= 4 is 39.3 Å². The van der Waals surface area contributed by atoms with Gasteiger partial charge in [0, 0.05) is 17.4 Å². The first kappa shape index (κ1) is 19.4. The summed E-state index contributed by atoms with van der Waals surface area (Å²) in [5.74, 6) is -0.738. The fraction of sp³-hybridized carbons (Fsp3) is 0.111. The number of carbonyl (C=O) groups excluding carboxylic acids is 3. The molecule has 0 spiro atoms. The molecule has 3 rings (SSSR count). The minimum Gasteiger partial charge on any atom is -0.454 e. The van der Waals surface area contributed by atoms with Crippen molar-refractivity contribution in [1.82, 2.24) is 15.1 Å². The van der Waals surface area contributed by atoms with Crippen molar-refractivity contribution in [3.05, 3.63) is 70.3 Å². The largest absolute Gasteiger partial charge is 0.454 e. The molecule has 2 aromatic heterocycles. The Balaban J connectivity index is 1.58. The molecule has 0 fully saturated rings. The van der Waals surface area contributed by atoms with Crippen LogP contribution in [0.25, 0.3) is 0 Å². The summed E-state index contributed by atoms with van der Waals surface area (Å²) in [4.78, 5) is 34.8. The van der Waals surface area contributed by atoms with Crippen molar-refractivity contribution in [2.24, 2.45) is 5.73 Å². The molecule has 0 aliphatic carbocycles. The maximum atomic E-state index is 12.3. The van der Waals surface area contributed by atoms with Crippen LogP contribution < -0.4 is 16.4 Å². The predicted octanol–water partition coefficient (Wildman–Crippen LogP) is 1.75. The van der Waals surface area contributed by atoms with E-state index in [0.717, 1.165) is 4.47 Å².